The summed E-state index contributed by atoms with van der Waals surface area (Å²) in [5, 5.41) is 12.3. The summed E-state index contributed by atoms with van der Waals surface area (Å²) in [7, 11) is 1.71. The van der Waals surface area contributed by atoms with Crippen LogP contribution in [-0.4, -0.2) is 46.6 Å². The van der Waals surface area contributed by atoms with Gasteiger partial charge in [0.1, 0.15) is 0 Å². The van der Waals surface area contributed by atoms with Gasteiger partial charge in [0.25, 0.3) is 0 Å². The van der Waals surface area contributed by atoms with Crippen molar-refractivity contribution < 1.29 is 9.53 Å². The number of nitrogens with one attached hydrogen (secondary N) is 1. The Hall–Kier alpha value is -1.38. The van der Waals surface area contributed by atoms with E-state index in [0.29, 0.717) is 11.7 Å². The fraction of sp³-hybridized carbons (Fsp3) is 0.611. The van der Waals surface area contributed by atoms with Crippen LogP contribution in [0.1, 0.15) is 42.0 Å². The second-order valence-corrected chi connectivity index (χ2v) is 8.84. The first-order valence-corrected chi connectivity index (χ1v) is 10.6. The van der Waals surface area contributed by atoms with Crippen LogP contribution in [0.2, 0.25) is 0 Å². The van der Waals surface area contributed by atoms with Gasteiger partial charge in [-0.05, 0) is 32.3 Å². The van der Waals surface area contributed by atoms with Gasteiger partial charge in [-0.15, -0.1) is 10.2 Å². The van der Waals surface area contributed by atoms with Gasteiger partial charge < -0.3 is 14.6 Å². The molecule has 0 spiro atoms. The molecule has 1 N–H and O–H groups in total. The van der Waals surface area contributed by atoms with Crippen LogP contribution in [0.15, 0.2) is 10.4 Å². The number of Topliss-reactive ketones (excluding diaryl/α,β-unsaturated/α-hetero) is 1. The highest BCUT2D eigenvalue weighted by molar-refractivity contribution is 8.01. The third kappa shape index (κ3) is 5.82. The quantitative estimate of drug-likeness (QED) is 0.351. The van der Waals surface area contributed by atoms with Gasteiger partial charge in [0, 0.05) is 43.8 Å². The number of ether oxygens (including phenoxy) is 1. The third-order valence-electron chi connectivity index (χ3n) is 4.00. The number of aromatic nitrogens is 3. The minimum atomic E-state index is 0.132. The predicted octanol–water partition coefficient (Wildman–Crippen LogP) is 4.04. The van der Waals surface area contributed by atoms with Crippen molar-refractivity contribution in [2.75, 3.05) is 31.3 Å². The summed E-state index contributed by atoms with van der Waals surface area (Å²) in [5.41, 5.74) is 2.94. The summed E-state index contributed by atoms with van der Waals surface area (Å²) in [6.45, 7) is 10.8. The zero-order valence-electron chi connectivity index (χ0n) is 16.2. The molecule has 0 aromatic carbocycles. The molecule has 2 rings (SSSR count). The predicted molar refractivity (Wildman–Crippen MR) is 109 cm³/mol. The summed E-state index contributed by atoms with van der Waals surface area (Å²) in [4.78, 5) is 12.6. The number of rotatable bonds is 11. The molecule has 0 unspecified atom stereocenters. The fourth-order valence-electron chi connectivity index (χ4n) is 2.63. The Morgan fingerprint density at radius 3 is 2.85 bits per heavy atom. The molecule has 6 nitrogen and oxygen atoms in total. The van der Waals surface area contributed by atoms with Gasteiger partial charge in [-0.2, -0.15) is 0 Å². The average Bonchev–Trinajstić information content (AvgIpc) is 3.17. The number of anilines is 1. The van der Waals surface area contributed by atoms with E-state index >= 15 is 0 Å². The van der Waals surface area contributed by atoms with Crippen LogP contribution in [-0.2, 0) is 11.3 Å². The molecule has 2 heterocycles. The molecule has 0 amide bonds. The van der Waals surface area contributed by atoms with Gasteiger partial charge in [0.05, 0.1) is 5.75 Å². The number of methoxy groups -OCH3 is 1. The van der Waals surface area contributed by atoms with Crippen molar-refractivity contribution in [2.24, 2.45) is 5.92 Å². The summed E-state index contributed by atoms with van der Waals surface area (Å²) in [6, 6.07) is 1.99. The molecular formula is C18H28N4O2S2. The topological polar surface area (TPSA) is 69.0 Å². The highest BCUT2D eigenvalue weighted by Crippen LogP contribution is 2.27. The first-order chi connectivity index (χ1) is 12.4. The standard InChI is InChI=1S/C18H28N4O2S2/c1-12(2)10-19-17-20-21-18(26-17)25-11-16(23)15-9-13(3)22(14(15)4)7-6-8-24-5/h9,12H,6-8,10-11H2,1-5H3,(H,19,20). The molecule has 0 aliphatic heterocycles. The molecule has 0 bridgehead atoms. The maximum Gasteiger partial charge on any atom is 0.206 e. The van der Waals surface area contributed by atoms with E-state index in [1.54, 1.807) is 7.11 Å². The normalized spacial score (nSPS) is 11.3. The van der Waals surface area contributed by atoms with Crippen LogP contribution >= 0.6 is 23.1 Å². The first kappa shape index (κ1) is 20.9. The number of thioether (sulfide) groups is 1. The SMILES string of the molecule is COCCCn1c(C)cc(C(=O)CSc2nnc(NCC(C)C)s2)c1C. The van der Waals surface area contributed by atoms with Crippen LogP contribution in [0.25, 0.3) is 0 Å². The lowest BCUT2D eigenvalue weighted by Crippen LogP contribution is -2.08. The van der Waals surface area contributed by atoms with Gasteiger partial charge in [-0.3, -0.25) is 4.79 Å². The van der Waals surface area contributed by atoms with Gasteiger partial charge in [0.2, 0.25) is 5.13 Å². The molecule has 0 saturated heterocycles. The summed E-state index contributed by atoms with van der Waals surface area (Å²) in [5.74, 6) is 1.06. The van der Waals surface area contributed by atoms with E-state index in [2.05, 4.69) is 33.9 Å². The number of ketones is 1. The van der Waals surface area contributed by atoms with Crippen molar-refractivity contribution in [3.63, 3.8) is 0 Å². The van der Waals surface area contributed by atoms with Gasteiger partial charge in [-0.1, -0.05) is 36.9 Å². The summed E-state index contributed by atoms with van der Waals surface area (Å²) >= 11 is 2.95. The molecule has 2 aromatic heterocycles. The molecule has 144 valence electrons. The van der Waals surface area contributed by atoms with E-state index in [-0.39, 0.29) is 5.78 Å². The second-order valence-electron chi connectivity index (χ2n) is 6.64. The molecular weight excluding hydrogens is 368 g/mol. The molecule has 0 aliphatic carbocycles. The first-order valence-electron chi connectivity index (χ1n) is 8.81. The minimum Gasteiger partial charge on any atom is -0.385 e. The largest absolute Gasteiger partial charge is 0.385 e. The molecule has 0 aliphatic rings. The van der Waals surface area contributed by atoms with Crippen molar-refractivity contribution >= 4 is 34.0 Å². The average molecular weight is 397 g/mol. The van der Waals surface area contributed by atoms with E-state index in [0.717, 1.165) is 52.5 Å². The number of aryl methyl sites for hydroxylation is 1. The molecule has 26 heavy (non-hydrogen) atoms. The van der Waals surface area contributed by atoms with Crippen molar-refractivity contribution in [3.8, 4) is 0 Å². The number of hydrogen-bond acceptors (Lipinski definition) is 7. The van der Waals surface area contributed by atoms with Crippen molar-refractivity contribution in [1.82, 2.24) is 14.8 Å². The maximum atomic E-state index is 12.6. The molecule has 0 saturated carbocycles. The van der Waals surface area contributed by atoms with E-state index in [4.69, 9.17) is 4.74 Å². The third-order valence-corrected chi connectivity index (χ3v) is 6.01. The number of nitrogens with zero attached hydrogens (tertiary/aromatic N) is 3. The smallest absolute Gasteiger partial charge is 0.206 e. The van der Waals surface area contributed by atoms with Crippen molar-refractivity contribution in [3.05, 3.63) is 23.0 Å². The Labute approximate surface area is 163 Å². The lowest BCUT2D eigenvalue weighted by molar-refractivity contribution is 0.102. The van der Waals surface area contributed by atoms with E-state index < -0.39 is 0 Å². The van der Waals surface area contributed by atoms with Crippen LogP contribution < -0.4 is 5.32 Å². The summed E-state index contributed by atoms with van der Waals surface area (Å²) in [6.07, 6.45) is 0.937. The second kappa shape index (κ2) is 10.1. The Morgan fingerprint density at radius 1 is 1.38 bits per heavy atom. The number of carbonyl (C=O) groups excluding carboxylic acids is 1. The van der Waals surface area contributed by atoms with Crippen molar-refractivity contribution in [1.29, 1.82) is 0 Å². The Balaban J connectivity index is 1.92. The van der Waals surface area contributed by atoms with Gasteiger partial charge in [-0.25, -0.2) is 0 Å². The monoisotopic (exact) mass is 396 g/mol. The van der Waals surface area contributed by atoms with E-state index in [9.17, 15) is 4.79 Å². The van der Waals surface area contributed by atoms with Gasteiger partial charge in [0.15, 0.2) is 10.1 Å². The Bertz CT molecular complexity index is 725. The zero-order valence-corrected chi connectivity index (χ0v) is 17.8. The summed E-state index contributed by atoms with van der Waals surface area (Å²) < 4.78 is 8.13. The number of carbonyl (C=O) groups is 1. The highest BCUT2D eigenvalue weighted by Gasteiger charge is 2.17. The Kier molecular flexibility index (Phi) is 8.12. The number of hydrogen-bond donors (Lipinski definition) is 1. The molecule has 8 heteroatoms. The van der Waals surface area contributed by atoms with Crippen LogP contribution in [0.4, 0.5) is 5.13 Å². The zero-order chi connectivity index (χ0) is 19.1. The fourth-order valence-corrected chi connectivity index (χ4v) is 4.27. The lowest BCUT2D eigenvalue weighted by Gasteiger charge is -2.09. The Morgan fingerprint density at radius 2 is 2.15 bits per heavy atom. The molecule has 2 aromatic rings. The molecule has 0 atom stereocenters. The van der Waals surface area contributed by atoms with Crippen molar-refractivity contribution in [2.45, 2.75) is 45.0 Å². The van der Waals surface area contributed by atoms with Crippen LogP contribution in [0.5, 0.6) is 0 Å². The lowest BCUT2D eigenvalue weighted by atomic mass is 10.2. The van der Waals surface area contributed by atoms with Gasteiger partial charge >= 0.3 is 0 Å². The maximum absolute atomic E-state index is 12.6. The highest BCUT2D eigenvalue weighted by atomic mass is 32.2. The van der Waals surface area contributed by atoms with E-state index in [1.165, 1.54) is 23.1 Å². The molecule has 0 radical (unpaired) electrons. The minimum absolute atomic E-state index is 0.132. The van der Waals surface area contributed by atoms with Crippen LogP contribution in [0.3, 0.4) is 0 Å². The molecule has 0 fully saturated rings. The van der Waals surface area contributed by atoms with Crippen LogP contribution in [0, 0.1) is 19.8 Å². The van der Waals surface area contributed by atoms with E-state index in [1.807, 2.05) is 19.9 Å².